The fourth-order valence-electron chi connectivity index (χ4n) is 2.98. The molecule has 0 aliphatic carbocycles. The van der Waals surface area contributed by atoms with Gasteiger partial charge in [-0.25, -0.2) is 0 Å². The molecule has 0 saturated carbocycles. The molecule has 0 spiro atoms. The fraction of sp³-hybridized carbons (Fsp3) is 0.556. The minimum Gasteiger partial charge on any atom is -0.490 e. The largest absolute Gasteiger partial charge is 0.490 e. The van der Waals surface area contributed by atoms with Crippen LogP contribution in [0.1, 0.15) is 33.1 Å². The van der Waals surface area contributed by atoms with Gasteiger partial charge in [-0.2, -0.15) is 4.80 Å². The molecule has 1 fully saturated rings. The fourth-order valence-corrected chi connectivity index (χ4v) is 2.98. The highest BCUT2D eigenvalue weighted by Gasteiger charge is 2.18. The highest BCUT2D eigenvalue weighted by Crippen LogP contribution is 2.31. The van der Waals surface area contributed by atoms with Gasteiger partial charge in [0.2, 0.25) is 11.7 Å². The minimum absolute atomic E-state index is 0.0374. The number of hydrogen-bond donors (Lipinski definition) is 0. The van der Waals surface area contributed by atoms with Gasteiger partial charge in [-0.1, -0.05) is 0 Å². The molecule has 1 aromatic carbocycles. The molecule has 8 nitrogen and oxygen atoms in total. The van der Waals surface area contributed by atoms with Crippen molar-refractivity contribution < 1.29 is 14.3 Å². The van der Waals surface area contributed by atoms with Crippen molar-refractivity contribution in [3.8, 4) is 22.9 Å². The van der Waals surface area contributed by atoms with Crippen LogP contribution in [0, 0.1) is 0 Å². The molecule has 0 N–H and O–H groups in total. The van der Waals surface area contributed by atoms with E-state index in [1.54, 1.807) is 0 Å². The number of carbonyl (C=O) groups is 1. The summed E-state index contributed by atoms with van der Waals surface area (Å²) in [5, 5.41) is 12.4. The standard InChI is InChI=1S/C18H25N5O3/c1-3-25-15-9-8-14(12-16(15)26-4-2)18-19-21-23(20-18)13-17(24)22-10-6-5-7-11-22/h8-9,12H,3-7,10-11,13H2,1-2H3. The molecule has 1 aliphatic heterocycles. The first kappa shape index (κ1) is 18.2. The zero-order valence-electron chi connectivity index (χ0n) is 15.3. The predicted molar refractivity (Wildman–Crippen MR) is 96.0 cm³/mol. The Kier molecular flexibility index (Phi) is 6.04. The quantitative estimate of drug-likeness (QED) is 0.753. The van der Waals surface area contributed by atoms with E-state index in [4.69, 9.17) is 9.47 Å². The van der Waals surface area contributed by atoms with Gasteiger partial charge in [-0.05, 0) is 56.5 Å². The third kappa shape index (κ3) is 4.30. The lowest BCUT2D eigenvalue weighted by molar-refractivity contribution is -0.133. The molecule has 2 heterocycles. The molecule has 3 rings (SSSR count). The molecule has 140 valence electrons. The first-order valence-corrected chi connectivity index (χ1v) is 9.17. The summed E-state index contributed by atoms with van der Waals surface area (Å²) >= 11 is 0. The van der Waals surface area contributed by atoms with Gasteiger partial charge >= 0.3 is 0 Å². The number of rotatable bonds is 7. The van der Waals surface area contributed by atoms with Gasteiger partial charge in [0.1, 0.15) is 6.54 Å². The Morgan fingerprint density at radius 3 is 2.54 bits per heavy atom. The van der Waals surface area contributed by atoms with Crippen LogP contribution in [0.25, 0.3) is 11.4 Å². The summed E-state index contributed by atoms with van der Waals surface area (Å²) in [6.07, 6.45) is 3.32. The number of piperidine rings is 1. The van der Waals surface area contributed by atoms with Crippen molar-refractivity contribution in [2.24, 2.45) is 0 Å². The van der Waals surface area contributed by atoms with E-state index in [-0.39, 0.29) is 12.5 Å². The summed E-state index contributed by atoms with van der Waals surface area (Å²) in [4.78, 5) is 15.6. The van der Waals surface area contributed by atoms with Crippen LogP contribution in [0.4, 0.5) is 0 Å². The molecule has 26 heavy (non-hydrogen) atoms. The smallest absolute Gasteiger partial charge is 0.246 e. The van der Waals surface area contributed by atoms with Crippen LogP contribution in [-0.4, -0.2) is 57.3 Å². The molecule has 1 aromatic heterocycles. The summed E-state index contributed by atoms with van der Waals surface area (Å²) in [7, 11) is 0. The summed E-state index contributed by atoms with van der Waals surface area (Å²) in [5.74, 6) is 1.83. The molecule has 0 bridgehead atoms. The van der Waals surface area contributed by atoms with Crippen LogP contribution in [0.15, 0.2) is 18.2 Å². The van der Waals surface area contributed by atoms with Crippen LogP contribution in [0.3, 0.4) is 0 Å². The maximum atomic E-state index is 12.3. The number of likely N-dealkylation sites (tertiary alicyclic amines) is 1. The van der Waals surface area contributed by atoms with E-state index in [9.17, 15) is 4.79 Å². The third-order valence-electron chi connectivity index (χ3n) is 4.24. The Morgan fingerprint density at radius 2 is 1.81 bits per heavy atom. The Bertz CT molecular complexity index is 740. The lowest BCUT2D eigenvalue weighted by Crippen LogP contribution is -2.38. The highest BCUT2D eigenvalue weighted by atomic mass is 16.5. The van der Waals surface area contributed by atoms with E-state index in [0.29, 0.717) is 30.5 Å². The second-order valence-electron chi connectivity index (χ2n) is 6.11. The maximum absolute atomic E-state index is 12.3. The van der Waals surface area contributed by atoms with Crippen molar-refractivity contribution in [3.63, 3.8) is 0 Å². The number of aromatic nitrogens is 4. The summed E-state index contributed by atoms with van der Waals surface area (Å²) in [6, 6.07) is 5.53. The molecule has 1 amide bonds. The lowest BCUT2D eigenvalue weighted by atomic mass is 10.1. The SMILES string of the molecule is CCOc1ccc(-c2nnn(CC(=O)N3CCCCC3)n2)cc1OCC. The number of benzene rings is 1. The molecule has 0 unspecified atom stereocenters. The van der Waals surface area contributed by atoms with E-state index in [2.05, 4.69) is 15.4 Å². The Morgan fingerprint density at radius 1 is 1.08 bits per heavy atom. The number of amides is 1. The van der Waals surface area contributed by atoms with Crippen molar-refractivity contribution in [1.29, 1.82) is 0 Å². The number of hydrogen-bond acceptors (Lipinski definition) is 6. The zero-order valence-corrected chi connectivity index (χ0v) is 15.3. The van der Waals surface area contributed by atoms with E-state index < -0.39 is 0 Å². The topological polar surface area (TPSA) is 82.4 Å². The van der Waals surface area contributed by atoms with Crippen molar-refractivity contribution in [2.45, 2.75) is 39.7 Å². The van der Waals surface area contributed by atoms with Crippen molar-refractivity contribution >= 4 is 5.91 Å². The van der Waals surface area contributed by atoms with Crippen LogP contribution < -0.4 is 9.47 Å². The van der Waals surface area contributed by atoms with E-state index in [1.807, 2.05) is 36.9 Å². The van der Waals surface area contributed by atoms with E-state index in [0.717, 1.165) is 31.5 Å². The highest BCUT2D eigenvalue weighted by molar-refractivity contribution is 5.75. The Hall–Kier alpha value is -2.64. The van der Waals surface area contributed by atoms with Crippen molar-refractivity contribution in [2.75, 3.05) is 26.3 Å². The molecule has 0 radical (unpaired) electrons. The summed E-state index contributed by atoms with van der Waals surface area (Å²) in [6.45, 7) is 6.69. The van der Waals surface area contributed by atoms with Gasteiger partial charge in [-0.3, -0.25) is 4.79 Å². The molecular weight excluding hydrogens is 334 g/mol. The van der Waals surface area contributed by atoms with E-state index >= 15 is 0 Å². The summed E-state index contributed by atoms with van der Waals surface area (Å²) < 4.78 is 11.2. The number of tetrazole rings is 1. The average molecular weight is 359 g/mol. The molecule has 1 aliphatic rings. The van der Waals surface area contributed by atoms with Gasteiger partial charge < -0.3 is 14.4 Å². The van der Waals surface area contributed by atoms with Gasteiger partial charge in [0.05, 0.1) is 13.2 Å². The third-order valence-corrected chi connectivity index (χ3v) is 4.24. The second kappa shape index (κ2) is 8.64. The van der Waals surface area contributed by atoms with Crippen molar-refractivity contribution in [3.05, 3.63) is 18.2 Å². The summed E-state index contributed by atoms with van der Waals surface area (Å²) in [5.41, 5.74) is 0.772. The molecule has 0 atom stereocenters. The first-order valence-electron chi connectivity index (χ1n) is 9.17. The normalized spacial score (nSPS) is 14.3. The number of carbonyl (C=O) groups excluding carboxylic acids is 1. The van der Waals surface area contributed by atoms with E-state index in [1.165, 1.54) is 11.2 Å². The monoisotopic (exact) mass is 359 g/mol. The molecule has 2 aromatic rings. The number of ether oxygens (including phenoxy) is 2. The Balaban J connectivity index is 1.72. The van der Waals surface area contributed by atoms with Crippen LogP contribution in [0.5, 0.6) is 11.5 Å². The molecule has 8 heteroatoms. The minimum atomic E-state index is 0.0374. The maximum Gasteiger partial charge on any atom is 0.246 e. The van der Waals surface area contributed by atoms with Crippen molar-refractivity contribution in [1.82, 2.24) is 25.1 Å². The lowest BCUT2D eigenvalue weighted by Gasteiger charge is -2.26. The molecule has 1 saturated heterocycles. The average Bonchev–Trinajstić information content (AvgIpc) is 3.13. The van der Waals surface area contributed by atoms with Gasteiger partial charge in [0.25, 0.3) is 0 Å². The van der Waals surface area contributed by atoms with Crippen LogP contribution in [-0.2, 0) is 11.3 Å². The van der Waals surface area contributed by atoms with Gasteiger partial charge in [0, 0.05) is 18.7 Å². The van der Waals surface area contributed by atoms with Gasteiger partial charge in [0.15, 0.2) is 11.5 Å². The zero-order chi connectivity index (χ0) is 18.4. The number of nitrogens with zero attached hydrogens (tertiary/aromatic N) is 5. The predicted octanol–water partition coefficient (Wildman–Crippen LogP) is 2.15. The van der Waals surface area contributed by atoms with Crippen LogP contribution in [0.2, 0.25) is 0 Å². The molecular formula is C18H25N5O3. The first-order chi connectivity index (χ1) is 12.7. The van der Waals surface area contributed by atoms with Crippen LogP contribution >= 0.6 is 0 Å². The van der Waals surface area contributed by atoms with Gasteiger partial charge in [-0.15, -0.1) is 10.2 Å². The second-order valence-corrected chi connectivity index (χ2v) is 6.11. The Labute approximate surface area is 153 Å².